The third-order valence-corrected chi connectivity index (χ3v) is 3.73. The molecule has 110 valence electrons. The maximum atomic E-state index is 11.8. The number of benzene rings is 1. The van der Waals surface area contributed by atoms with Gasteiger partial charge in [0.15, 0.2) is 0 Å². The molecule has 0 aliphatic carbocycles. The van der Waals surface area contributed by atoms with E-state index in [4.69, 9.17) is 10.5 Å². The summed E-state index contributed by atoms with van der Waals surface area (Å²) in [6, 6.07) is 9.86. The molecule has 0 bridgehead atoms. The van der Waals surface area contributed by atoms with Crippen molar-refractivity contribution in [2.45, 2.75) is 6.92 Å². The second kappa shape index (κ2) is 6.72. The fraction of sp³-hybridized carbons (Fsp3) is 0.533. The van der Waals surface area contributed by atoms with Crippen LogP contribution in [-0.4, -0.2) is 50.2 Å². The molecule has 0 saturated carbocycles. The van der Waals surface area contributed by atoms with Crippen molar-refractivity contribution in [3.63, 3.8) is 0 Å². The third-order valence-electron chi connectivity index (χ3n) is 3.73. The minimum atomic E-state index is -0.590. The van der Waals surface area contributed by atoms with E-state index in [1.54, 1.807) is 0 Å². The number of anilines is 1. The van der Waals surface area contributed by atoms with Crippen molar-refractivity contribution in [3.8, 4) is 0 Å². The summed E-state index contributed by atoms with van der Waals surface area (Å²) in [6.07, 6.45) is 0. The van der Waals surface area contributed by atoms with Crippen LogP contribution in [0.4, 0.5) is 5.69 Å². The second-order valence-corrected chi connectivity index (χ2v) is 5.53. The number of hydrogen-bond donors (Lipinski definition) is 2. The average Bonchev–Trinajstić information content (AvgIpc) is 2.47. The van der Waals surface area contributed by atoms with Gasteiger partial charge in [-0.3, -0.25) is 9.69 Å². The van der Waals surface area contributed by atoms with Crippen molar-refractivity contribution in [2.24, 2.45) is 11.1 Å². The van der Waals surface area contributed by atoms with Gasteiger partial charge in [0.1, 0.15) is 0 Å². The summed E-state index contributed by atoms with van der Waals surface area (Å²) in [5, 5.41) is 3.30. The highest BCUT2D eigenvalue weighted by Gasteiger charge is 2.33. The van der Waals surface area contributed by atoms with Crippen LogP contribution in [0.2, 0.25) is 0 Å². The largest absolute Gasteiger partial charge is 0.384 e. The number of nitrogens with zero attached hydrogens (tertiary/aromatic N) is 1. The fourth-order valence-electron chi connectivity index (χ4n) is 2.33. The third kappa shape index (κ3) is 3.95. The molecular formula is C15H23N3O2. The van der Waals surface area contributed by atoms with E-state index in [9.17, 15) is 4.79 Å². The Morgan fingerprint density at radius 3 is 2.60 bits per heavy atom. The monoisotopic (exact) mass is 277 g/mol. The zero-order valence-electron chi connectivity index (χ0n) is 12.0. The number of primary amides is 1. The van der Waals surface area contributed by atoms with Crippen LogP contribution >= 0.6 is 0 Å². The molecule has 1 aliphatic heterocycles. The SMILES string of the molecule is CC(CNc1ccccc1)(CN1CCOCC1)C(N)=O. The Morgan fingerprint density at radius 2 is 2.00 bits per heavy atom. The van der Waals surface area contributed by atoms with E-state index in [1.807, 2.05) is 37.3 Å². The fourth-order valence-corrected chi connectivity index (χ4v) is 2.33. The van der Waals surface area contributed by atoms with Crippen LogP contribution in [0.25, 0.3) is 0 Å². The zero-order chi connectivity index (χ0) is 14.4. The van der Waals surface area contributed by atoms with Gasteiger partial charge in [-0.05, 0) is 19.1 Å². The number of nitrogens with one attached hydrogen (secondary N) is 1. The molecule has 1 aliphatic rings. The molecule has 5 heteroatoms. The van der Waals surface area contributed by atoms with Crippen LogP contribution < -0.4 is 11.1 Å². The zero-order valence-corrected chi connectivity index (χ0v) is 12.0. The molecule has 20 heavy (non-hydrogen) atoms. The highest BCUT2D eigenvalue weighted by atomic mass is 16.5. The summed E-state index contributed by atoms with van der Waals surface area (Å²) >= 11 is 0. The molecule has 0 radical (unpaired) electrons. The number of carbonyl (C=O) groups excluding carboxylic acids is 1. The summed E-state index contributed by atoms with van der Waals surface area (Å²) in [7, 11) is 0. The first-order valence-corrected chi connectivity index (χ1v) is 6.99. The number of para-hydroxylation sites is 1. The number of morpholine rings is 1. The molecule has 2 rings (SSSR count). The molecular weight excluding hydrogens is 254 g/mol. The van der Waals surface area contributed by atoms with Crippen LogP contribution in [0.5, 0.6) is 0 Å². The maximum absolute atomic E-state index is 11.8. The van der Waals surface area contributed by atoms with Crippen LogP contribution in [0.1, 0.15) is 6.92 Å². The second-order valence-electron chi connectivity index (χ2n) is 5.53. The Labute approximate surface area is 120 Å². The molecule has 5 nitrogen and oxygen atoms in total. The van der Waals surface area contributed by atoms with E-state index in [0.29, 0.717) is 13.1 Å². The van der Waals surface area contributed by atoms with E-state index < -0.39 is 5.41 Å². The number of carbonyl (C=O) groups is 1. The predicted molar refractivity (Wildman–Crippen MR) is 79.5 cm³/mol. The Kier molecular flexibility index (Phi) is 4.98. The van der Waals surface area contributed by atoms with Crippen LogP contribution in [-0.2, 0) is 9.53 Å². The molecule has 1 fully saturated rings. The average molecular weight is 277 g/mol. The Balaban J connectivity index is 1.95. The normalized spacial score (nSPS) is 19.2. The molecule has 0 aromatic heterocycles. The number of rotatable bonds is 6. The van der Waals surface area contributed by atoms with Gasteiger partial charge in [0.2, 0.25) is 5.91 Å². The van der Waals surface area contributed by atoms with Crippen molar-refractivity contribution in [1.82, 2.24) is 4.90 Å². The standard InChI is InChI=1S/C15H23N3O2/c1-15(14(16)19,12-18-7-9-20-10-8-18)11-17-13-5-3-2-4-6-13/h2-6,17H,7-12H2,1H3,(H2,16,19). The maximum Gasteiger partial charge on any atom is 0.226 e. The van der Waals surface area contributed by atoms with Gasteiger partial charge in [-0.2, -0.15) is 0 Å². The first kappa shape index (κ1) is 14.8. The summed E-state index contributed by atoms with van der Waals surface area (Å²) in [6.45, 7) is 6.26. The molecule has 1 amide bonds. The summed E-state index contributed by atoms with van der Waals surface area (Å²) < 4.78 is 5.33. The van der Waals surface area contributed by atoms with E-state index in [2.05, 4.69) is 10.2 Å². The van der Waals surface area contributed by atoms with Gasteiger partial charge < -0.3 is 15.8 Å². The Hall–Kier alpha value is -1.59. The first-order valence-electron chi connectivity index (χ1n) is 6.99. The van der Waals surface area contributed by atoms with Gasteiger partial charge in [-0.15, -0.1) is 0 Å². The number of hydrogen-bond acceptors (Lipinski definition) is 4. The topological polar surface area (TPSA) is 67.6 Å². The molecule has 1 atom stereocenters. The van der Waals surface area contributed by atoms with Crippen LogP contribution in [0.15, 0.2) is 30.3 Å². The highest BCUT2D eigenvalue weighted by Crippen LogP contribution is 2.20. The molecule has 3 N–H and O–H groups in total. The lowest BCUT2D eigenvalue weighted by Gasteiger charge is -2.35. The Morgan fingerprint density at radius 1 is 1.35 bits per heavy atom. The number of amides is 1. The van der Waals surface area contributed by atoms with E-state index in [1.165, 1.54) is 0 Å². The lowest BCUT2D eigenvalue weighted by molar-refractivity contribution is -0.127. The lowest BCUT2D eigenvalue weighted by atomic mass is 9.88. The van der Waals surface area contributed by atoms with E-state index >= 15 is 0 Å². The van der Waals surface area contributed by atoms with E-state index in [0.717, 1.165) is 32.0 Å². The van der Waals surface area contributed by atoms with Crippen molar-refractivity contribution in [2.75, 3.05) is 44.7 Å². The molecule has 1 aromatic rings. The Bertz CT molecular complexity index is 432. The number of nitrogens with two attached hydrogens (primary N) is 1. The summed E-state index contributed by atoms with van der Waals surface area (Å²) in [5.74, 6) is -0.271. The number of ether oxygens (including phenoxy) is 1. The van der Waals surface area contributed by atoms with Gasteiger partial charge in [-0.1, -0.05) is 18.2 Å². The smallest absolute Gasteiger partial charge is 0.226 e. The first-order chi connectivity index (χ1) is 9.60. The summed E-state index contributed by atoms with van der Waals surface area (Å²) in [4.78, 5) is 14.1. The molecule has 1 aromatic carbocycles. The van der Waals surface area contributed by atoms with Gasteiger partial charge >= 0.3 is 0 Å². The highest BCUT2D eigenvalue weighted by molar-refractivity contribution is 5.81. The van der Waals surface area contributed by atoms with Gasteiger partial charge in [-0.25, -0.2) is 0 Å². The van der Waals surface area contributed by atoms with Gasteiger partial charge in [0, 0.05) is 31.9 Å². The quantitative estimate of drug-likeness (QED) is 0.811. The van der Waals surface area contributed by atoms with Gasteiger partial charge in [0.05, 0.1) is 18.6 Å². The minimum Gasteiger partial charge on any atom is -0.384 e. The molecule has 0 spiro atoms. The summed E-state index contributed by atoms with van der Waals surface area (Å²) in [5.41, 5.74) is 6.03. The predicted octanol–water partition coefficient (Wildman–Crippen LogP) is 0.922. The van der Waals surface area contributed by atoms with Crippen molar-refractivity contribution in [1.29, 1.82) is 0 Å². The molecule has 1 saturated heterocycles. The van der Waals surface area contributed by atoms with Crippen molar-refractivity contribution in [3.05, 3.63) is 30.3 Å². The van der Waals surface area contributed by atoms with Gasteiger partial charge in [0.25, 0.3) is 0 Å². The van der Waals surface area contributed by atoms with Crippen LogP contribution in [0, 0.1) is 5.41 Å². The lowest BCUT2D eigenvalue weighted by Crippen LogP contribution is -2.51. The minimum absolute atomic E-state index is 0.271. The molecule has 1 heterocycles. The van der Waals surface area contributed by atoms with E-state index in [-0.39, 0.29) is 5.91 Å². The van der Waals surface area contributed by atoms with Crippen molar-refractivity contribution < 1.29 is 9.53 Å². The molecule has 1 unspecified atom stereocenters. The van der Waals surface area contributed by atoms with Crippen LogP contribution in [0.3, 0.4) is 0 Å². The van der Waals surface area contributed by atoms with Crippen molar-refractivity contribution >= 4 is 11.6 Å².